The second kappa shape index (κ2) is 4.48. The van der Waals surface area contributed by atoms with Crippen molar-refractivity contribution in [2.75, 3.05) is 6.26 Å². The maximum absolute atomic E-state index is 8.43. The number of thiazole rings is 1. The molecule has 0 aliphatic rings. The zero-order valence-electron chi connectivity index (χ0n) is 7.20. The quantitative estimate of drug-likeness (QED) is 0.550. The van der Waals surface area contributed by atoms with E-state index in [1.165, 1.54) is 9.22 Å². The van der Waals surface area contributed by atoms with Gasteiger partial charge >= 0.3 is 0 Å². The van der Waals surface area contributed by atoms with Gasteiger partial charge < -0.3 is 0 Å². The third-order valence-electron chi connectivity index (χ3n) is 1.46. The number of thioether (sulfide) groups is 1. The van der Waals surface area contributed by atoms with Crippen LogP contribution in [0, 0.1) is 18.3 Å². The molecule has 64 valence electrons. The molecule has 4 heteroatoms. The molecule has 0 amide bonds. The Bertz CT molecular complexity index is 298. The van der Waals surface area contributed by atoms with E-state index < -0.39 is 0 Å². The molecular weight excluding hydrogens is 188 g/mol. The predicted octanol–water partition coefficient (Wildman–Crippen LogP) is 1.98. The highest BCUT2D eigenvalue weighted by Crippen LogP contribution is 2.19. The van der Waals surface area contributed by atoms with Crippen molar-refractivity contribution in [1.82, 2.24) is 0 Å². The lowest BCUT2D eigenvalue weighted by Gasteiger charge is -1.89. The first-order valence-electron chi connectivity index (χ1n) is 3.68. The molecule has 0 N–H and O–H groups in total. The van der Waals surface area contributed by atoms with Crippen LogP contribution in [-0.2, 0) is 6.54 Å². The number of nitriles is 1. The predicted molar refractivity (Wildman–Crippen MR) is 51.3 cm³/mol. The monoisotopic (exact) mass is 199 g/mol. The summed E-state index contributed by atoms with van der Waals surface area (Å²) in [4.78, 5) is 1.30. The molecule has 1 rings (SSSR count). The van der Waals surface area contributed by atoms with Crippen LogP contribution in [0.2, 0.25) is 0 Å². The van der Waals surface area contributed by atoms with E-state index in [4.69, 9.17) is 5.26 Å². The standard InChI is InChI=1S/C8H11N2S2/c1-7-6-10(5-3-4-9)8(11-2)12-7/h6H,3,5H2,1-2H3/q+1. The fourth-order valence-electron chi connectivity index (χ4n) is 0.980. The van der Waals surface area contributed by atoms with Crippen molar-refractivity contribution in [3.05, 3.63) is 11.1 Å². The molecule has 1 aromatic rings. The Morgan fingerprint density at radius 3 is 3.08 bits per heavy atom. The van der Waals surface area contributed by atoms with Crippen LogP contribution in [0.3, 0.4) is 0 Å². The molecule has 0 aromatic carbocycles. The van der Waals surface area contributed by atoms with E-state index in [0.717, 1.165) is 6.54 Å². The number of aromatic nitrogens is 1. The lowest BCUT2D eigenvalue weighted by atomic mass is 10.4. The van der Waals surface area contributed by atoms with E-state index in [2.05, 4.69) is 30.0 Å². The van der Waals surface area contributed by atoms with E-state index >= 15 is 0 Å². The van der Waals surface area contributed by atoms with Gasteiger partial charge in [-0.15, -0.1) is 0 Å². The van der Waals surface area contributed by atoms with E-state index in [-0.39, 0.29) is 0 Å². The van der Waals surface area contributed by atoms with Crippen LogP contribution < -0.4 is 4.57 Å². The summed E-state index contributed by atoms with van der Waals surface area (Å²) < 4.78 is 3.43. The Morgan fingerprint density at radius 1 is 1.75 bits per heavy atom. The summed E-state index contributed by atoms with van der Waals surface area (Å²) >= 11 is 3.52. The fraction of sp³-hybridized carbons (Fsp3) is 0.500. The number of aryl methyl sites for hydroxylation is 2. The molecule has 0 spiro atoms. The molecule has 0 saturated heterocycles. The summed E-state index contributed by atoms with van der Waals surface area (Å²) in [6.45, 7) is 2.91. The van der Waals surface area contributed by atoms with Crippen LogP contribution in [0.25, 0.3) is 0 Å². The van der Waals surface area contributed by atoms with Crippen molar-refractivity contribution < 1.29 is 4.57 Å². The number of hydrogen-bond donors (Lipinski definition) is 0. The first-order chi connectivity index (χ1) is 5.77. The zero-order valence-corrected chi connectivity index (χ0v) is 8.84. The minimum absolute atomic E-state index is 0.592. The minimum atomic E-state index is 0.592. The average Bonchev–Trinajstić information content (AvgIpc) is 2.42. The fourth-order valence-corrected chi connectivity index (χ4v) is 2.80. The van der Waals surface area contributed by atoms with Crippen molar-refractivity contribution in [3.8, 4) is 6.07 Å². The summed E-state index contributed by atoms with van der Waals surface area (Å²) in [5, 5.41) is 8.43. The maximum Gasteiger partial charge on any atom is 0.297 e. The van der Waals surface area contributed by atoms with Crippen LogP contribution in [0.5, 0.6) is 0 Å². The molecule has 0 radical (unpaired) electrons. The summed E-state index contributed by atoms with van der Waals surface area (Å²) in [7, 11) is 0. The van der Waals surface area contributed by atoms with Gasteiger partial charge in [0.15, 0.2) is 12.7 Å². The van der Waals surface area contributed by atoms with E-state index in [9.17, 15) is 0 Å². The third kappa shape index (κ3) is 2.23. The van der Waals surface area contributed by atoms with Gasteiger partial charge in [-0.1, -0.05) is 11.3 Å². The first kappa shape index (κ1) is 9.56. The largest absolute Gasteiger partial charge is 0.297 e. The highest BCUT2D eigenvalue weighted by molar-refractivity contribution is 8.00. The lowest BCUT2D eigenvalue weighted by molar-refractivity contribution is -0.725. The van der Waals surface area contributed by atoms with Gasteiger partial charge in [0.25, 0.3) is 4.34 Å². The second-order valence-electron chi connectivity index (χ2n) is 2.41. The molecule has 0 bridgehead atoms. The Labute approximate surface area is 80.8 Å². The Morgan fingerprint density at radius 2 is 2.50 bits per heavy atom. The van der Waals surface area contributed by atoms with E-state index in [0.29, 0.717) is 6.42 Å². The number of hydrogen-bond acceptors (Lipinski definition) is 3. The normalized spacial score (nSPS) is 9.75. The van der Waals surface area contributed by atoms with Crippen LogP contribution >= 0.6 is 23.1 Å². The average molecular weight is 199 g/mol. The van der Waals surface area contributed by atoms with Crippen LogP contribution in [-0.4, -0.2) is 6.26 Å². The molecule has 1 heterocycles. The summed E-state index contributed by atoms with van der Waals surface area (Å²) in [5.74, 6) is 0. The van der Waals surface area contributed by atoms with Crippen LogP contribution in [0.1, 0.15) is 11.3 Å². The molecular formula is C8H11N2S2+. The first-order valence-corrected chi connectivity index (χ1v) is 5.73. The van der Waals surface area contributed by atoms with Gasteiger partial charge in [0.2, 0.25) is 0 Å². The molecule has 0 saturated carbocycles. The van der Waals surface area contributed by atoms with E-state index in [1.54, 1.807) is 23.1 Å². The molecule has 1 aromatic heterocycles. The molecule has 0 aliphatic carbocycles. The van der Waals surface area contributed by atoms with Crippen molar-refractivity contribution in [3.63, 3.8) is 0 Å². The summed E-state index contributed by atoms with van der Waals surface area (Å²) in [6, 6.07) is 2.15. The van der Waals surface area contributed by atoms with Gasteiger partial charge in [-0.25, -0.2) is 0 Å². The number of rotatable bonds is 3. The molecule has 0 aliphatic heterocycles. The summed E-state index contributed by atoms with van der Waals surface area (Å²) in [5.41, 5.74) is 0. The van der Waals surface area contributed by atoms with Crippen molar-refractivity contribution in [2.24, 2.45) is 0 Å². The lowest BCUT2D eigenvalue weighted by Crippen LogP contribution is -2.32. The molecule has 12 heavy (non-hydrogen) atoms. The zero-order chi connectivity index (χ0) is 8.97. The van der Waals surface area contributed by atoms with Gasteiger partial charge in [0, 0.05) is 0 Å². The Kier molecular flexibility index (Phi) is 3.57. The minimum Gasteiger partial charge on any atom is -0.198 e. The topological polar surface area (TPSA) is 27.7 Å². The summed E-state index contributed by atoms with van der Waals surface area (Å²) in [6.07, 6.45) is 4.76. The SMILES string of the molecule is CSc1sc(C)c[n+]1CCC#N. The van der Waals surface area contributed by atoms with Gasteiger partial charge in [0.05, 0.1) is 17.4 Å². The van der Waals surface area contributed by atoms with Crippen molar-refractivity contribution >= 4 is 23.1 Å². The molecule has 0 fully saturated rings. The highest BCUT2D eigenvalue weighted by Gasteiger charge is 2.12. The van der Waals surface area contributed by atoms with E-state index in [1.807, 2.05) is 0 Å². The van der Waals surface area contributed by atoms with Crippen LogP contribution in [0.15, 0.2) is 10.5 Å². The Balaban J connectivity index is 2.76. The van der Waals surface area contributed by atoms with Gasteiger partial charge in [-0.05, 0) is 24.9 Å². The smallest absolute Gasteiger partial charge is 0.198 e. The van der Waals surface area contributed by atoms with Gasteiger partial charge in [-0.2, -0.15) is 9.83 Å². The highest BCUT2D eigenvalue weighted by atomic mass is 32.2. The van der Waals surface area contributed by atoms with Crippen molar-refractivity contribution in [2.45, 2.75) is 24.2 Å². The molecule has 0 atom stereocenters. The Hall–Kier alpha value is -0.530. The molecule has 0 unspecified atom stereocenters. The second-order valence-corrected chi connectivity index (χ2v) is 4.70. The van der Waals surface area contributed by atoms with Gasteiger partial charge in [-0.3, -0.25) is 0 Å². The van der Waals surface area contributed by atoms with Gasteiger partial charge in [0.1, 0.15) is 0 Å². The molecule has 2 nitrogen and oxygen atoms in total. The van der Waals surface area contributed by atoms with Crippen LogP contribution in [0.4, 0.5) is 0 Å². The maximum atomic E-state index is 8.43. The third-order valence-corrected chi connectivity index (χ3v) is 3.63. The van der Waals surface area contributed by atoms with Crippen molar-refractivity contribution in [1.29, 1.82) is 5.26 Å². The number of nitrogens with zero attached hydrogens (tertiary/aromatic N) is 2.